The molecule has 0 saturated carbocycles. The summed E-state index contributed by atoms with van der Waals surface area (Å²) in [5, 5.41) is 6.96. The first kappa shape index (κ1) is 15.7. The second-order valence-corrected chi connectivity index (χ2v) is 5.84. The number of aromatic nitrogens is 2. The van der Waals surface area contributed by atoms with Gasteiger partial charge >= 0.3 is 0 Å². The fourth-order valence-electron chi connectivity index (χ4n) is 2.80. The Kier molecular flexibility index (Phi) is 5.02. The maximum atomic E-state index is 11.8. The summed E-state index contributed by atoms with van der Waals surface area (Å²) >= 11 is 0. The van der Waals surface area contributed by atoms with Gasteiger partial charge in [0.1, 0.15) is 0 Å². The van der Waals surface area contributed by atoms with Crippen LogP contribution in [0.4, 0.5) is 0 Å². The van der Waals surface area contributed by atoms with E-state index in [1.807, 2.05) is 37.3 Å². The molecule has 0 spiro atoms. The molecule has 6 nitrogen and oxygen atoms in total. The van der Waals surface area contributed by atoms with Crippen LogP contribution in [0.25, 0.3) is 11.4 Å². The van der Waals surface area contributed by atoms with Crippen molar-refractivity contribution in [2.24, 2.45) is 0 Å². The summed E-state index contributed by atoms with van der Waals surface area (Å²) in [7, 11) is 0. The van der Waals surface area contributed by atoms with Crippen LogP contribution in [0, 0.1) is 0 Å². The molecule has 1 aromatic carbocycles. The molecule has 23 heavy (non-hydrogen) atoms. The van der Waals surface area contributed by atoms with Gasteiger partial charge in [-0.2, -0.15) is 4.98 Å². The van der Waals surface area contributed by atoms with Crippen molar-refractivity contribution in [3.63, 3.8) is 0 Å². The van der Waals surface area contributed by atoms with E-state index in [0.29, 0.717) is 11.7 Å². The number of carbonyl (C=O) groups is 1. The highest BCUT2D eigenvalue weighted by Crippen LogP contribution is 2.15. The van der Waals surface area contributed by atoms with Crippen LogP contribution in [-0.4, -0.2) is 46.6 Å². The van der Waals surface area contributed by atoms with Crippen molar-refractivity contribution < 1.29 is 9.32 Å². The molecule has 6 heteroatoms. The Morgan fingerprint density at radius 2 is 2.17 bits per heavy atom. The van der Waals surface area contributed by atoms with Crippen molar-refractivity contribution >= 4 is 5.91 Å². The third-order valence-electron chi connectivity index (χ3n) is 4.18. The highest BCUT2D eigenvalue weighted by Gasteiger charge is 2.23. The van der Waals surface area contributed by atoms with Crippen molar-refractivity contribution in [3.8, 4) is 11.4 Å². The summed E-state index contributed by atoms with van der Waals surface area (Å²) in [4.78, 5) is 18.5. The first-order chi connectivity index (χ1) is 11.2. The molecule has 0 unspecified atom stereocenters. The van der Waals surface area contributed by atoms with E-state index in [0.717, 1.165) is 44.5 Å². The van der Waals surface area contributed by atoms with Crippen molar-refractivity contribution in [1.29, 1.82) is 0 Å². The van der Waals surface area contributed by atoms with Gasteiger partial charge in [0.05, 0.1) is 6.04 Å². The van der Waals surface area contributed by atoms with Crippen molar-refractivity contribution in [2.45, 2.75) is 32.2 Å². The molecule has 122 valence electrons. The normalized spacial score (nSPS) is 19.3. The minimum absolute atomic E-state index is 0.0694. The van der Waals surface area contributed by atoms with Crippen LogP contribution in [0.2, 0.25) is 0 Å². The minimum Gasteiger partial charge on any atom is -0.355 e. The number of rotatable bonds is 5. The Balaban J connectivity index is 1.53. The Morgan fingerprint density at radius 1 is 1.35 bits per heavy atom. The first-order valence-corrected chi connectivity index (χ1v) is 8.14. The fourth-order valence-corrected chi connectivity index (χ4v) is 2.80. The van der Waals surface area contributed by atoms with E-state index in [4.69, 9.17) is 4.52 Å². The Bertz CT molecular complexity index is 641. The second kappa shape index (κ2) is 7.37. The zero-order valence-corrected chi connectivity index (χ0v) is 13.4. The molecule has 0 radical (unpaired) electrons. The third kappa shape index (κ3) is 3.96. The van der Waals surface area contributed by atoms with Crippen molar-refractivity contribution in [1.82, 2.24) is 20.4 Å². The molecule has 1 aromatic heterocycles. The average molecular weight is 314 g/mol. The van der Waals surface area contributed by atoms with Gasteiger partial charge in [0.2, 0.25) is 17.6 Å². The summed E-state index contributed by atoms with van der Waals surface area (Å²) in [5.41, 5.74) is 0.959. The molecule has 3 rings (SSSR count). The van der Waals surface area contributed by atoms with Crippen LogP contribution in [0.1, 0.15) is 25.7 Å². The number of carbonyl (C=O) groups excluding carboxylic acids is 1. The lowest BCUT2D eigenvalue weighted by Crippen LogP contribution is -2.42. The lowest BCUT2D eigenvalue weighted by atomic mass is 10.2. The van der Waals surface area contributed by atoms with Crippen molar-refractivity contribution in [3.05, 3.63) is 36.2 Å². The SMILES string of the molecule is C[C@H]1C(=O)NCCCN1CCCc1nc(-c2ccccc2)no1. The average Bonchev–Trinajstić information content (AvgIpc) is 2.99. The Morgan fingerprint density at radius 3 is 3.00 bits per heavy atom. The van der Waals surface area contributed by atoms with Gasteiger partial charge in [-0.15, -0.1) is 0 Å². The van der Waals surface area contributed by atoms with Crippen LogP contribution in [-0.2, 0) is 11.2 Å². The van der Waals surface area contributed by atoms with E-state index < -0.39 is 0 Å². The molecule has 2 heterocycles. The second-order valence-electron chi connectivity index (χ2n) is 5.84. The maximum absolute atomic E-state index is 11.8. The van der Waals surface area contributed by atoms with E-state index in [-0.39, 0.29) is 11.9 Å². The number of nitrogens with one attached hydrogen (secondary N) is 1. The Hall–Kier alpha value is -2.21. The van der Waals surface area contributed by atoms with Gasteiger partial charge in [0, 0.05) is 25.1 Å². The number of amides is 1. The molecular formula is C17H22N4O2. The molecule has 1 amide bonds. The molecule has 0 bridgehead atoms. The molecule has 1 N–H and O–H groups in total. The lowest BCUT2D eigenvalue weighted by molar-refractivity contribution is -0.124. The number of aryl methyl sites for hydroxylation is 1. The molecule has 1 atom stereocenters. The van der Waals surface area contributed by atoms with Crippen LogP contribution < -0.4 is 5.32 Å². The summed E-state index contributed by atoms with van der Waals surface area (Å²) in [6.45, 7) is 4.53. The highest BCUT2D eigenvalue weighted by molar-refractivity contribution is 5.81. The predicted molar refractivity (Wildman–Crippen MR) is 86.7 cm³/mol. The number of hydrogen-bond donors (Lipinski definition) is 1. The molecule has 1 aliphatic heterocycles. The topological polar surface area (TPSA) is 71.3 Å². The molecule has 2 aromatic rings. The molecule has 1 aliphatic rings. The van der Waals surface area contributed by atoms with Gasteiger partial charge < -0.3 is 9.84 Å². The standard InChI is InChI=1S/C17H22N4O2/c1-13-17(22)18-10-6-12-21(13)11-5-9-15-19-16(20-23-15)14-7-3-2-4-8-14/h2-4,7-8,13H,5-6,9-12H2,1H3,(H,18,22)/t13-/m0/s1. The number of nitrogens with zero attached hydrogens (tertiary/aromatic N) is 3. The molecule has 0 aliphatic carbocycles. The zero-order valence-electron chi connectivity index (χ0n) is 13.4. The summed E-state index contributed by atoms with van der Waals surface area (Å²) in [6, 6.07) is 9.73. The van der Waals surface area contributed by atoms with Crippen LogP contribution in [0.15, 0.2) is 34.9 Å². The summed E-state index contributed by atoms with van der Waals surface area (Å²) in [5.74, 6) is 1.39. The molecular weight excluding hydrogens is 292 g/mol. The van der Waals surface area contributed by atoms with Crippen LogP contribution in [0.3, 0.4) is 0 Å². The van der Waals surface area contributed by atoms with Gasteiger partial charge in [-0.1, -0.05) is 35.5 Å². The van der Waals surface area contributed by atoms with E-state index >= 15 is 0 Å². The number of hydrogen-bond acceptors (Lipinski definition) is 5. The summed E-state index contributed by atoms with van der Waals surface area (Å²) in [6.07, 6.45) is 2.62. The maximum Gasteiger partial charge on any atom is 0.237 e. The highest BCUT2D eigenvalue weighted by atomic mass is 16.5. The smallest absolute Gasteiger partial charge is 0.237 e. The predicted octanol–water partition coefficient (Wildman–Crippen LogP) is 1.88. The monoisotopic (exact) mass is 314 g/mol. The van der Waals surface area contributed by atoms with Gasteiger partial charge in [0.25, 0.3) is 0 Å². The largest absolute Gasteiger partial charge is 0.355 e. The quantitative estimate of drug-likeness (QED) is 0.912. The van der Waals surface area contributed by atoms with Crippen molar-refractivity contribution in [2.75, 3.05) is 19.6 Å². The Labute approximate surface area is 135 Å². The fraction of sp³-hybridized carbons (Fsp3) is 0.471. The molecule has 1 saturated heterocycles. The third-order valence-corrected chi connectivity index (χ3v) is 4.18. The van der Waals surface area contributed by atoms with Gasteiger partial charge in [-0.05, 0) is 26.3 Å². The zero-order chi connectivity index (χ0) is 16.1. The lowest BCUT2D eigenvalue weighted by Gasteiger charge is -2.24. The van der Waals surface area contributed by atoms with E-state index in [1.165, 1.54) is 0 Å². The van der Waals surface area contributed by atoms with E-state index in [2.05, 4.69) is 20.4 Å². The minimum atomic E-state index is -0.0694. The van der Waals surface area contributed by atoms with Crippen LogP contribution >= 0.6 is 0 Å². The van der Waals surface area contributed by atoms with Gasteiger partial charge in [0.15, 0.2) is 0 Å². The molecule has 1 fully saturated rings. The van der Waals surface area contributed by atoms with E-state index in [9.17, 15) is 4.79 Å². The van der Waals surface area contributed by atoms with E-state index in [1.54, 1.807) is 0 Å². The first-order valence-electron chi connectivity index (χ1n) is 8.14. The van der Waals surface area contributed by atoms with Crippen LogP contribution in [0.5, 0.6) is 0 Å². The van der Waals surface area contributed by atoms with Gasteiger partial charge in [-0.3, -0.25) is 9.69 Å². The van der Waals surface area contributed by atoms with Gasteiger partial charge in [-0.25, -0.2) is 0 Å². The number of benzene rings is 1. The summed E-state index contributed by atoms with van der Waals surface area (Å²) < 4.78 is 5.32.